The summed E-state index contributed by atoms with van der Waals surface area (Å²) >= 11 is 0. The molecule has 1 saturated heterocycles. The fraction of sp³-hybridized carbons (Fsp3) is 0.667. The maximum Gasteiger partial charge on any atom is 0.225 e. The molecule has 0 atom stereocenters. The third-order valence-electron chi connectivity index (χ3n) is 5.08. The van der Waals surface area contributed by atoms with Crippen LogP contribution in [0.3, 0.4) is 0 Å². The first-order valence-corrected chi connectivity index (χ1v) is 9.29. The van der Waals surface area contributed by atoms with Gasteiger partial charge in [-0.25, -0.2) is 9.97 Å². The number of anilines is 1. The van der Waals surface area contributed by atoms with Crippen molar-refractivity contribution in [3.63, 3.8) is 0 Å². The molecule has 3 rings (SSSR count). The second-order valence-electron chi connectivity index (χ2n) is 6.87. The first kappa shape index (κ1) is 17.6. The Morgan fingerprint density at radius 2 is 1.76 bits per heavy atom. The maximum atomic E-state index is 12.3. The lowest BCUT2D eigenvalue weighted by atomic mass is 10.0. The van der Waals surface area contributed by atoms with Gasteiger partial charge in [0.05, 0.1) is 0 Å². The number of amides is 2. The van der Waals surface area contributed by atoms with E-state index in [2.05, 4.69) is 20.2 Å². The molecule has 2 fully saturated rings. The topological polar surface area (TPSA) is 78.4 Å². The standard InChI is InChI=1S/C18H27N5O2/c24-16(14-15-4-1-2-5-15)19-9-6-17(25)22-10-12-23(13-11-22)18-20-7-3-8-21-18/h3,7-8,15H,1-2,4-6,9-14H2,(H,19,24). The summed E-state index contributed by atoms with van der Waals surface area (Å²) in [7, 11) is 0. The zero-order valence-corrected chi connectivity index (χ0v) is 14.7. The fourth-order valence-electron chi connectivity index (χ4n) is 3.63. The minimum absolute atomic E-state index is 0.0887. The lowest BCUT2D eigenvalue weighted by Gasteiger charge is -2.34. The molecule has 7 nitrogen and oxygen atoms in total. The van der Waals surface area contributed by atoms with Gasteiger partial charge < -0.3 is 15.1 Å². The van der Waals surface area contributed by atoms with E-state index in [1.165, 1.54) is 25.7 Å². The van der Waals surface area contributed by atoms with Gasteiger partial charge in [0.15, 0.2) is 0 Å². The molecule has 0 unspecified atom stereocenters. The Morgan fingerprint density at radius 3 is 2.44 bits per heavy atom. The van der Waals surface area contributed by atoms with Crippen LogP contribution < -0.4 is 10.2 Å². The Labute approximate surface area is 148 Å². The highest BCUT2D eigenvalue weighted by Gasteiger charge is 2.22. The lowest BCUT2D eigenvalue weighted by Crippen LogP contribution is -2.49. The van der Waals surface area contributed by atoms with Crippen LogP contribution in [0.5, 0.6) is 0 Å². The minimum atomic E-state index is 0.0887. The Hall–Kier alpha value is -2.18. The third kappa shape index (κ3) is 5.14. The summed E-state index contributed by atoms with van der Waals surface area (Å²) in [6.45, 7) is 3.26. The molecule has 25 heavy (non-hydrogen) atoms. The number of hydrogen-bond acceptors (Lipinski definition) is 5. The first-order chi connectivity index (χ1) is 12.2. The van der Waals surface area contributed by atoms with Crippen LogP contribution in [0.4, 0.5) is 5.95 Å². The van der Waals surface area contributed by atoms with E-state index in [0.29, 0.717) is 44.3 Å². The molecule has 0 radical (unpaired) electrons. The summed E-state index contributed by atoms with van der Waals surface area (Å²) in [6.07, 6.45) is 9.28. The molecule has 1 aromatic heterocycles. The van der Waals surface area contributed by atoms with Crippen molar-refractivity contribution in [2.75, 3.05) is 37.6 Å². The molecule has 136 valence electrons. The normalized spacial score (nSPS) is 18.4. The number of hydrogen-bond donors (Lipinski definition) is 1. The predicted octanol–water partition coefficient (Wildman–Crippen LogP) is 1.21. The number of piperazine rings is 1. The van der Waals surface area contributed by atoms with Crippen molar-refractivity contribution in [1.29, 1.82) is 0 Å². The SMILES string of the molecule is O=C(CC1CCCC1)NCCC(=O)N1CCN(c2ncccn2)CC1. The molecule has 2 aliphatic rings. The maximum absolute atomic E-state index is 12.3. The average molecular weight is 345 g/mol. The van der Waals surface area contributed by atoms with Gasteiger partial charge in [-0.05, 0) is 24.8 Å². The van der Waals surface area contributed by atoms with Crippen LogP contribution in [-0.2, 0) is 9.59 Å². The van der Waals surface area contributed by atoms with Crippen molar-refractivity contribution in [3.05, 3.63) is 18.5 Å². The van der Waals surface area contributed by atoms with Crippen LogP contribution in [0, 0.1) is 5.92 Å². The lowest BCUT2D eigenvalue weighted by molar-refractivity contribution is -0.131. The highest BCUT2D eigenvalue weighted by Crippen LogP contribution is 2.27. The smallest absolute Gasteiger partial charge is 0.225 e. The summed E-state index contributed by atoms with van der Waals surface area (Å²) in [6, 6.07) is 1.80. The Morgan fingerprint density at radius 1 is 1.08 bits per heavy atom. The van der Waals surface area contributed by atoms with Crippen molar-refractivity contribution in [2.24, 2.45) is 5.92 Å². The van der Waals surface area contributed by atoms with Gasteiger partial charge in [-0.2, -0.15) is 0 Å². The molecular formula is C18H27N5O2. The van der Waals surface area contributed by atoms with E-state index in [1.807, 2.05) is 4.90 Å². The Balaban J connectivity index is 1.33. The second kappa shape index (κ2) is 8.78. The van der Waals surface area contributed by atoms with Crippen molar-refractivity contribution in [1.82, 2.24) is 20.2 Å². The number of rotatable bonds is 6. The monoisotopic (exact) mass is 345 g/mol. The van der Waals surface area contributed by atoms with E-state index in [4.69, 9.17) is 0 Å². The quantitative estimate of drug-likeness (QED) is 0.838. The second-order valence-corrected chi connectivity index (χ2v) is 6.87. The van der Waals surface area contributed by atoms with E-state index in [-0.39, 0.29) is 11.8 Å². The van der Waals surface area contributed by atoms with Gasteiger partial charge in [0.25, 0.3) is 0 Å². The van der Waals surface area contributed by atoms with Crippen molar-refractivity contribution in [2.45, 2.75) is 38.5 Å². The largest absolute Gasteiger partial charge is 0.356 e. The van der Waals surface area contributed by atoms with E-state index in [0.717, 1.165) is 13.1 Å². The molecular weight excluding hydrogens is 318 g/mol. The molecule has 1 aliphatic carbocycles. The summed E-state index contributed by atoms with van der Waals surface area (Å²) in [5.41, 5.74) is 0. The first-order valence-electron chi connectivity index (χ1n) is 9.29. The number of nitrogens with one attached hydrogen (secondary N) is 1. The number of carbonyl (C=O) groups excluding carboxylic acids is 2. The Bertz CT molecular complexity index is 566. The zero-order chi connectivity index (χ0) is 17.5. The number of carbonyl (C=O) groups is 2. The van der Waals surface area contributed by atoms with Crippen LogP contribution >= 0.6 is 0 Å². The van der Waals surface area contributed by atoms with Gasteiger partial charge in [0.1, 0.15) is 0 Å². The zero-order valence-electron chi connectivity index (χ0n) is 14.7. The molecule has 2 heterocycles. The highest BCUT2D eigenvalue weighted by atomic mass is 16.2. The number of nitrogens with zero attached hydrogens (tertiary/aromatic N) is 4. The predicted molar refractivity (Wildman–Crippen MR) is 95.0 cm³/mol. The fourth-order valence-corrected chi connectivity index (χ4v) is 3.63. The molecule has 1 N–H and O–H groups in total. The van der Waals surface area contributed by atoms with Crippen LogP contribution in [0.15, 0.2) is 18.5 Å². The van der Waals surface area contributed by atoms with Gasteiger partial charge in [0.2, 0.25) is 17.8 Å². The highest BCUT2D eigenvalue weighted by molar-refractivity contribution is 5.79. The van der Waals surface area contributed by atoms with Crippen molar-refractivity contribution < 1.29 is 9.59 Å². The van der Waals surface area contributed by atoms with E-state index in [1.54, 1.807) is 18.5 Å². The third-order valence-corrected chi connectivity index (χ3v) is 5.08. The summed E-state index contributed by atoms with van der Waals surface area (Å²) in [4.78, 5) is 36.6. The van der Waals surface area contributed by atoms with Gasteiger partial charge in [0, 0.05) is 58.0 Å². The molecule has 1 saturated carbocycles. The molecule has 0 spiro atoms. The van der Waals surface area contributed by atoms with Crippen LogP contribution in [-0.4, -0.2) is 59.4 Å². The van der Waals surface area contributed by atoms with Gasteiger partial charge in [-0.15, -0.1) is 0 Å². The van der Waals surface area contributed by atoms with E-state index >= 15 is 0 Å². The summed E-state index contributed by atoms with van der Waals surface area (Å²) in [5.74, 6) is 1.46. The number of aromatic nitrogens is 2. The molecule has 0 aromatic carbocycles. The van der Waals surface area contributed by atoms with Crippen molar-refractivity contribution in [3.8, 4) is 0 Å². The van der Waals surface area contributed by atoms with E-state index in [9.17, 15) is 9.59 Å². The minimum Gasteiger partial charge on any atom is -0.356 e. The van der Waals surface area contributed by atoms with Gasteiger partial charge in [-0.1, -0.05) is 12.8 Å². The molecule has 2 amide bonds. The van der Waals surface area contributed by atoms with Gasteiger partial charge >= 0.3 is 0 Å². The molecule has 7 heteroatoms. The summed E-state index contributed by atoms with van der Waals surface area (Å²) in [5, 5.41) is 2.90. The van der Waals surface area contributed by atoms with Gasteiger partial charge in [-0.3, -0.25) is 9.59 Å². The molecule has 1 aromatic rings. The van der Waals surface area contributed by atoms with E-state index < -0.39 is 0 Å². The van der Waals surface area contributed by atoms with Crippen LogP contribution in [0.1, 0.15) is 38.5 Å². The van der Waals surface area contributed by atoms with Crippen LogP contribution in [0.2, 0.25) is 0 Å². The summed E-state index contributed by atoms with van der Waals surface area (Å²) < 4.78 is 0. The Kier molecular flexibility index (Phi) is 6.19. The van der Waals surface area contributed by atoms with Crippen molar-refractivity contribution >= 4 is 17.8 Å². The molecule has 0 bridgehead atoms. The van der Waals surface area contributed by atoms with Crippen LogP contribution in [0.25, 0.3) is 0 Å². The average Bonchev–Trinajstić information content (AvgIpc) is 3.15. The molecule has 1 aliphatic heterocycles.